The van der Waals surface area contributed by atoms with Crippen LogP contribution in [0.4, 0.5) is 5.69 Å². The van der Waals surface area contributed by atoms with Crippen molar-refractivity contribution in [2.75, 3.05) is 5.73 Å². The number of anilines is 1. The quantitative estimate of drug-likeness (QED) is 0.671. The number of aryl methyl sites for hydroxylation is 3. The number of nitrogens with one attached hydrogen (secondary N) is 1. The number of rotatable bonds is 3. The van der Waals surface area contributed by atoms with Crippen molar-refractivity contribution >= 4 is 26.7 Å². The molecule has 1 unspecified atom stereocenters. The molecule has 0 saturated heterocycles. The van der Waals surface area contributed by atoms with E-state index in [1.807, 2.05) is 12.1 Å². The van der Waals surface area contributed by atoms with Gasteiger partial charge < -0.3 is 5.73 Å². The van der Waals surface area contributed by atoms with Gasteiger partial charge in [0.2, 0.25) is 10.0 Å². The molecule has 1 heterocycles. The Morgan fingerprint density at radius 2 is 1.81 bits per heavy atom. The smallest absolute Gasteiger partial charge is 0.328 e. The van der Waals surface area contributed by atoms with E-state index in [0.717, 1.165) is 30.4 Å². The lowest BCUT2D eigenvalue weighted by Crippen LogP contribution is -2.31. The predicted molar refractivity (Wildman–Crippen MR) is 105 cm³/mol. The topological polar surface area (TPSA) is 99.1 Å². The second-order valence-electron chi connectivity index (χ2n) is 7.08. The third-order valence-corrected chi connectivity index (χ3v) is 6.80. The van der Waals surface area contributed by atoms with Crippen molar-refractivity contribution in [1.82, 2.24) is 13.9 Å². The first-order valence-corrected chi connectivity index (χ1v) is 10.3. The summed E-state index contributed by atoms with van der Waals surface area (Å²) in [4.78, 5) is 12.2. The largest absolute Gasteiger partial charge is 0.399 e. The number of nitrogens with zero attached hydrogens (tertiary/aromatic N) is 2. The van der Waals surface area contributed by atoms with Gasteiger partial charge in [-0.15, -0.1) is 0 Å². The monoisotopic (exact) mass is 386 g/mol. The Balaban J connectivity index is 1.72. The zero-order valence-electron chi connectivity index (χ0n) is 15.3. The number of fused-ring (bicyclic) bond motifs is 2. The summed E-state index contributed by atoms with van der Waals surface area (Å²) in [5, 5.41) is 0. The molecule has 7 nitrogen and oxygen atoms in total. The Bertz CT molecular complexity index is 1210. The van der Waals surface area contributed by atoms with Crippen molar-refractivity contribution in [1.29, 1.82) is 0 Å². The van der Waals surface area contributed by atoms with Crippen LogP contribution in [0.1, 0.15) is 30.0 Å². The molecule has 3 aromatic rings. The van der Waals surface area contributed by atoms with Crippen LogP contribution in [0.25, 0.3) is 11.0 Å². The Labute approximate surface area is 157 Å². The first kappa shape index (κ1) is 17.8. The van der Waals surface area contributed by atoms with Crippen molar-refractivity contribution in [2.24, 2.45) is 14.1 Å². The first-order chi connectivity index (χ1) is 12.8. The van der Waals surface area contributed by atoms with E-state index in [9.17, 15) is 13.2 Å². The maximum atomic E-state index is 13.0. The molecule has 1 aliphatic rings. The second kappa shape index (κ2) is 6.24. The molecule has 0 aliphatic heterocycles. The fraction of sp³-hybridized carbons (Fsp3) is 0.316. The van der Waals surface area contributed by atoms with Gasteiger partial charge in [-0.1, -0.05) is 6.07 Å². The molecule has 1 atom stereocenters. The molecule has 0 fully saturated rings. The van der Waals surface area contributed by atoms with Gasteiger partial charge in [0.05, 0.1) is 15.9 Å². The molecule has 0 spiro atoms. The molecular weight excluding hydrogens is 364 g/mol. The summed E-state index contributed by atoms with van der Waals surface area (Å²) < 4.78 is 31.8. The highest BCUT2D eigenvalue weighted by molar-refractivity contribution is 7.89. The van der Waals surface area contributed by atoms with E-state index in [2.05, 4.69) is 4.72 Å². The summed E-state index contributed by atoms with van der Waals surface area (Å²) in [6.07, 6.45) is 2.54. The normalized spacial score (nSPS) is 17.2. The highest BCUT2D eigenvalue weighted by atomic mass is 32.2. The van der Waals surface area contributed by atoms with Gasteiger partial charge in [-0.3, -0.25) is 9.13 Å². The number of nitrogens with two attached hydrogens (primary N) is 1. The number of nitrogen functional groups attached to an aromatic ring is 1. The summed E-state index contributed by atoms with van der Waals surface area (Å²) in [5.74, 6) is 0. The fourth-order valence-corrected chi connectivity index (χ4v) is 5.14. The van der Waals surface area contributed by atoms with Crippen molar-refractivity contribution in [3.05, 3.63) is 58.0 Å². The molecule has 1 aliphatic carbocycles. The summed E-state index contributed by atoms with van der Waals surface area (Å²) in [6, 6.07) is 10.1. The summed E-state index contributed by atoms with van der Waals surface area (Å²) >= 11 is 0. The standard InChI is InChI=1S/C19H22N4O3S/c1-22-17-9-7-14(11-18(17)23(2)19(22)24)27(25,26)21-16-5-3-4-12-10-13(20)6-8-15(12)16/h6-11,16,21H,3-5,20H2,1-2H3. The van der Waals surface area contributed by atoms with Gasteiger partial charge >= 0.3 is 5.69 Å². The molecule has 2 aromatic carbocycles. The molecule has 3 N–H and O–H groups in total. The second-order valence-corrected chi connectivity index (χ2v) is 8.79. The summed E-state index contributed by atoms with van der Waals surface area (Å²) in [6.45, 7) is 0. The van der Waals surface area contributed by atoms with Crippen molar-refractivity contribution in [3.8, 4) is 0 Å². The van der Waals surface area contributed by atoms with Crippen LogP contribution in [0.5, 0.6) is 0 Å². The van der Waals surface area contributed by atoms with Gasteiger partial charge in [-0.2, -0.15) is 0 Å². The number of imidazole rings is 1. The van der Waals surface area contributed by atoms with Crippen molar-refractivity contribution in [3.63, 3.8) is 0 Å². The van der Waals surface area contributed by atoms with E-state index in [1.54, 1.807) is 32.3 Å². The van der Waals surface area contributed by atoms with E-state index in [1.165, 1.54) is 15.2 Å². The van der Waals surface area contributed by atoms with Gasteiger partial charge in [-0.05, 0) is 60.7 Å². The number of hydrogen-bond acceptors (Lipinski definition) is 4. The van der Waals surface area contributed by atoms with Crippen LogP contribution in [0.15, 0.2) is 46.1 Å². The molecule has 8 heteroatoms. The molecule has 0 saturated carbocycles. The van der Waals surface area contributed by atoms with Crippen LogP contribution in [0.3, 0.4) is 0 Å². The maximum Gasteiger partial charge on any atom is 0.328 e. The lowest BCUT2D eigenvalue weighted by molar-refractivity contribution is 0.507. The van der Waals surface area contributed by atoms with Crippen LogP contribution in [0, 0.1) is 0 Å². The lowest BCUT2D eigenvalue weighted by Gasteiger charge is -2.26. The summed E-state index contributed by atoms with van der Waals surface area (Å²) in [7, 11) is -0.427. The number of hydrogen-bond donors (Lipinski definition) is 2. The average molecular weight is 386 g/mol. The average Bonchev–Trinajstić information content (AvgIpc) is 2.85. The van der Waals surface area contributed by atoms with Crippen LogP contribution >= 0.6 is 0 Å². The van der Waals surface area contributed by atoms with E-state index in [4.69, 9.17) is 5.73 Å². The number of benzene rings is 2. The SMILES string of the molecule is Cn1c(=O)n(C)c2cc(S(=O)(=O)NC3CCCc4cc(N)ccc43)ccc21. The molecule has 1 aromatic heterocycles. The van der Waals surface area contributed by atoms with Gasteiger partial charge in [0.25, 0.3) is 0 Å². The molecule has 142 valence electrons. The van der Waals surface area contributed by atoms with Gasteiger partial charge in [0.15, 0.2) is 0 Å². The number of aromatic nitrogens is 2. The predicted octanol–water partition coefficient (Wildman–Crippen LogP) is 1.82. The van der Waals surface area contributed by atoms with Gasteiger partial charge in [0.1, 0.15) is 0 Å². The van der Waals surface area contributed by atoms with Crippen LogP contribution < -0.4 is 16.1 Å². The molecule has 0 amide bonds. The lowest BCUT2D eigenvalue weighted by atomic mass is 9.88. The third-order valence-electron chi connectivity index (χ3n) is 5.33. The van der Waals surface area contributed by atoms with Crippen molar-refractivity contribution < 1.29 is 8.42 Å². The fourth-order valence-electron chi connectivity index (χ4n) is 3.87. The molecule has 4 rings (SSSR count). The van der Waals surface area contributed by atoms with E-state index in [-0.39, 0.29) is 16.6 Å². The number of sulfonamides is 1. The minimum atomic E-state index is -3.73. The van der Waals surface area contributed by atoms with E-state index >= 15 is 0 Å². The molecule has 0 radical (unpaired) electrons. The molecular formula is C19H22N4O3S. The van der Waals surface area contributed by atoms with E-state index < -0.39 is 10.0 Å². The van der Waals surface area contributed by atoms with Crippen LogP contribution in [-0.2, 0) is 30.5 Å². The van der Waals surface area contributed by atoms with Crippen molar-refractivity contribution in [2.45, 2.75) is 30.2 Å². The van der Waals surface area contributed by atoms with Gasteiger partial charge in [0, 0.05) is 25.8 Å². The zero-order chi connectivity index (χ0) is 19.3. The maximum absolute atomic E-state index is 13.0. The first-order valence-electron chi connectivity index (χ1n) is 8.84. The molecule has 27 heavy (non-hydrogen) atoms. The van der Waals surface area contributed by atoms with Gasteiger partial charge in [-0.25, -0.2) is 17.9 Å². The minimum Gasteiger partial charge on any atom is -0.399 e. The third kappa shape index (κ3) is 2.94. The Morgan fingerprint density at radius 1 is 1.07 bits per heavy atom. The minimum absolute atomic E-state index is 0.152. The molecule has 0 bridgehead atoms. The highest BCUT2D eigenvalue weighted by Crippen LogP contribution is 2.32. The van der Waals surface area contributed by atoms with Crippen LogP contribution in [-0.4, -0.2) is 17.6 Å². The Hall–Kier alpha value is -2.58. The summed E-state index contributed by atoms with van der Waals surface area (Å²) in [5.41, 5.74) is 9.71. The van der Waals surface area contributed by atoms with E-state index in [0.29, 0.717) is 16.7 Å². The van der Waals surface area contributed by atoms with Crippen LogP contribution in [0.2, 0.25) is 0 Å². The highest BCUT2D eigenvalue weighted by Gasteiger charge is 2.26. The zero-order valence-corrected chi connectivity index (χ0v) is 16.1. The Morgan fingerprint density at radius 3 is 2.59 bits per heavy atom. The Kier molecular flexibility index (Phi) is 4.12.